The number of nitro groups is 2. The van der Waals surface area contributed by atoms with Crippen molar-refractivity contribution in [3.8, 4) is 0 Å². The number of hydrogen-bond donors (Lipinski definition) is 2. The van der Waals surface area contributed by atoms with E-state index in [4.69, 9.17) is 0 Å². The Kier molecular flexibility index (Phi) is 8.67. The van der Waals surface area contributed by atoms with Gasteiger partial charge in [-0.2, -0.15) is 10.2 Å². The summed E-state index contributed by atoms with van der Waals surface area (Å²) in [5, 5.41) is 29.1. The lowest BCUT2D eigenvalue weighted by Gasteiger charge is -2.30. The third kappa shape index (κ3) is 7.78. The summed E-state index contributed by atoms with van der Waals surface area (Å²) in [6.45, 7) is 1.25. The number of rotatable bonds is 9. The van der Waals surface area contributed by atoms with Crippen molar-refractivity contribution in [2.45, 2.75) is 12.8 Å². The van der Waals surface area contributed by atoms with Crippen LogP contribution < -0.4 is 10.9 Å². The second-order valence-electron chi connectivity index (χ2n) is 7.78. The van der Waals surface area contributed by atoms with Crippen molar-refractivity contribution < 1.29 is 19.4 Å². The van der Waals surface area contributed by atoms with Gasteiger partial charge in [-0.25, -0.2) is 10.9 Å². The Balaban J connectivity index is 1.36. The van der Waals surface area contributed by atoms with E-state index >= 15 is 0 Å². The summed E-state index contributed by atoms with van der Waals surface area (Å²) in [6, 6.07) is 11.5. The topological polar surface area (TPSA) is 172 Å². The first kappa shape index (κ1) is 25.1. The number of non-ortho nitro benzene ring substituents is 2. The molecule has 0 radical (unpaired) electrons. The fraction of sp³-hybridized carbons (Fsp3) is 0.273. The summed E-state index contributed by atoms with van der Waals surface area (Å²) in [6.07, 6.45) is 3.95. The molecule has 1 heterocycles. The summed E-state index contributed by atoms with van der Waals surface area (Å²) >= 11 is 0. The van der Waals surface area contributed by atoms with E-state index in [0.717, 1.165) is 0 Å². The lowest BCUT2D eigenvalue weighted by atomic mass is 9.96. The van der Waals surface area contributed by atoms with Crippen LogP contribution in [0.3, 0.4) is 0 Å². The first-order valence-electron chi connectivity index (χ1n) is 10.7. The van der Waals surface area contributed by atoms with E-state index in [-0.39, 0.29) is 35.7 Å². The van der Waals surface area contributed by atoms with E-state index in [1.165, 1.54) is 61.0 Å². The zero-order valence-electron chi connectivity index (χ0n) is 18.6. The minimum Gasteiger partial charge on any atom is -0.294 e. The number of nitro benzene ring substituents is 2. The van der Waals surface area contributed by atoms with E-state index in [1.54, 1.807) is 0 Å². The Morgan fingerprint density at radius 1 is 0.857 bits per heavy atom. The average Bonchev–Trinajstić information content (AvgIpc) is 2.85. The summed E-state index contributed by atoms with van der Waals surface area (Å²) in [5.74, 6) is -0.762. The predicted molar refractivity (Wildman–Crippen MR) is 127 cm³/mol. The van der Waals surface area contributed by atoms with Crippen molar-refractivity contribution >= 4 is 35.6 Å². The summed E-state index contributed by atoms with van der Waals surface area (Å²) in [5.41, 5.74) is 6.09. The van der Waals surface area contributed by atoms with Gasteiger partial charge in [0.15, 0.2) is 0 Å². The fourth-order valence-corrected chi connectivity index (χ4v) is 3.40. The quantitative estimate of drug-likeness (QED) is 0.312. The summed E-state index contributed by atoms with van der Waals surface area (Å²) < 4.78 is 0. The van der Waals surface area contributed by atoms with Gasteiger partial charge < -0.3 is 0 Å². The molecule has 0 aliphatic carbocycles. The summed E-state index contributed by atoms with van der Waals surface area (Å²) in [7, 11) is 0. The molecule has 0 unspecified atom stereocenters. The molecule has 1 fully saturated rings. The number of likely N-dealkylation sites (tertiary alicyclic amines) is 1. The number of nitrogens with zero attached hydrogens (tertiary/aromatic N) is 5. The molecule has 0 saturated carbocycles. The maximum atomic E-state index is 12.3. The van der Waals surface area contributed by atoms with E-state index in [1.807, 2.05) is 4.90 Å². The van der Waals surface area contributed by atoms with Gasteiger partial charge in [0.1, 0.15) is 0 Å². The van der Waals surface area contributed by atoms with E-state index in [0.29, 0.717) is 37.1 Å². The van der Waals surface area contributed by atoms with Gasteiger partial charge in [0.25, 0.3) is 17.3 Å². The fourth-order valence-electron chi connectivity index (χ4n) is 3.40. The van der Waals surface area contributed by atoms with Crippen LogP contribution in [0.1, 0.15) is 24.0 Å². The maximum absolute atomic E-state index is 12.3. The highest BCUT2D eigenvalue weighted by Gasteiger charge is 2.25. The molecule has 182 valence electrons. The van der Waals surface area contributed by atoms with Gasteiger partial charge in [0.05, 0.1) is 28.8 Å². The Labute approximate surface area is 199 Å². The zero-order chi connectivity index (χ0) is 25.2. The van der Waals surface area contributed by atoms with E-state index < -0.39 is 9.85 Å². The number of carbonyl (C=O) groups is 2. The Bertz CT molecular complexity index is 1120. The number of benzene rings is 2. The Morgan fingerprint density at radius 2 is 1.31 bits per heavy atom. The normalized spacial score (nSPS) is 14.7. The SMILES string of the molecule is O=C(CN1CCC(C(=O)N/N=C\c2ccc([N+](=O)[O-])cc2)CC1)N/N=C\c1ccc([N+](=O)[O-])cc1. The minimum atomic E-state index is -0.495. The van der Waals surface area contributed by atoms with Crippen LogP contribution in [0.15, 0.2) is 58.7 Å². The molecule has 35 heavy (non-hydrogen) atoms. The first-order valence-corrected chi connectivity index (χ1v) is 10.7. The molecule has 2 N–H and O–H groups in total. The van der Waals surface area contributed by atoms with Crippen LogP contribution in [-0.4, -0.2) is 58.6 Å². The largest absolute Gasteiger partial charge is 0.294 e. The van der Waals surface area contributed by atoms with Crippen LogP contribution in [0.25, 0.3) is 0 Å². The minimum absolute atomic E-state index is 0.0251. The monoisotopic (exact) mass is 481 g/mol. The van der Waals surface area contributed by atoms with Crippen molar-refractivity contribution in [3.63, 3.8) is 0 Å². The first-order chi connectivity index (χ1) is 16.8. The van der Waals surface area contributed by atoms with Gasteiger partial charge in [-0.3, -0.25) is 34.7 Å². The number of carbonyl (C=O) groups excluding carboxylic acids is 2. The number of nitrogens with one attached hydrogen (secondary N) is 2. The Morgan fingerprint density at radius 3 is 1.77 bits per heavy atom. The standard InChI is InChI=1S/C22H23N7O6/c30-21(25-23-13-16-1-5-19(6-2-16)28(32)33)15-27-11-9-18(10-12-27)22(31)26-24-14-17-3-7-20(8-4-17)29(34)35/h1-8,13-14,18H,9-12,15H2,(H,25,30)(H,26,31)/b23-13-,24-14-. The molecule has 0 atom stereocenters. The third-order valence-electron chi connectivity index (χ3n) is 5.32. The van der Waals surface area contributed by atoms with Crippen LogP contribution >= 0.6 is 0 Å². The summed E-state index contributed by atoms with van der Waals surface area (Å²) in [4.78, 5) is 46.7. The molecule has 3 rings (SSSR count). The van der Waals surface area contributed by atoms with Gasteiger partial charge in [-0.05, 0) is 61.3 Å². The smallest absolute Gasteiger partial charge is 0.269 e. The number of hydrogen-bond acceptors (Lipinski definition) is 9. The molecular weight excluding hydrogens is 458 g/mol. The molecule has 13 heteroatoms. The molecule has 0 bridgehead atoms. The molecule has 0 spiro atoms. The van der Waals surface area contributed by atoms with Crippen molar-refractivity contribution in [1.29, 1.82) is 0 Å². The van der Waals surface area contributed by atoms with Crippen LogP contribution in [0.4, 0.5) is 11.4 Å². The van der Waals surface area contributed by atoms with Crippen molar-refractivity contribution in [1.82, 2.24) is 15.8 Å². The van der Waals surface area contributed by atoms with E-state index in [2.05, 4.69) is 21.1 Å². The van der Waals surface area contributed by atoms with Gasteiger partial charge in [0, 0.05) is 30.2 Å². The molecule has 2 amide bonds. The van der Waals surface area contributed by atoms with Crippen molar-refractivity contribution in [2.24, 2.45) is 16.1 Å². The number of hydrazone groups is 2. The lowest BCUT2D eigenvalue weighted by Crippen LogP contribution is -2.43. The number of piperidine rings is 1. The molecule has 2 aromatic rings. The van der Waals surface area contributed by atoms with Crippen LogP contribution in [0.5, 0.6) is 0 Å². The molecule has 1 aliphatic rings. The molecular formula is C22H23N7O6. The van der Waals surface area contributed by atoms with Crippen LogP contribution in [0.2, 0.25) is 0 Å². The Hall–Kier alpha value is -4.52. The molecule has 2 aromatic carbocycles. The molecule has 1 aliphatic heterocycles. The lowest BCUT2D eigenvalue weighted by molar-refractivity contribution is -0.385. The molecule has 13 nitrogen and oxygen atoms in total. The average molecular weight is 481 g/mol. The van der Waals surface area contributed by atoms with Gasteiger partial charge in [-0.15, -0.1) is 0 Å². The van der Waals surface area contributed by atoms with Gasteiger partial charge >= 0.3 is 0 Å². The van der Waals surface area contributed by atoms with Crippen molar-refractivity contribution in [2.75, 3.05) is 19.6 Å². The number of amides is 2. The highest BCUT2D eigenvalue weighted by atomic mass is 16.6. The van der Waals surface area contributed by atoms with Crippen LogP contribution in [-0.2, 0) is 9.59 Å². The highest BCUT2D eigenvalue weighted by molar-refractivity contribution is 5.84. The van der Waals surface area contributed by atoms with Gasteiger partial charge in [-0.1, -0.05) is 0 Å². The van der Waals surface area contributed by atoms with Gasteiger partial charge in [0.2, 0.25) is 5.91 Å². The third-order valence-corrected chi connectivity index (χ3v) is 5.32. The second-order valence-corrected chi connectivity index (χ2v) is 7.78. The van der Waals surface area contributed by atoms with Crippen molar-refractivity contribution in [3.05, 3.63) is 79.9 Å². The predicted octanol–water partition coefficient (Wildman–Crippen LogP) is 1.82. The highest BCUT2D eigenvalue weighted by Crippen LogP contribution is 2.17. The maximum Gasteiger partial charge on any atom is 0.269 e. The molecule has 0 aromatic heterocycles. The second kappa shape index (κ2) is 12.1. The molecule has 1 saturated heterocycles. The van der Waals surface area contributed by atoms with E-state index in [9.17, 15) is 29.8 Å². The van der Waals surface area contributed by atoms with Crippen LogP contribution in [0, 0.1) is 26.1 Å². The zero-order valence-corrected chi connectivity index (χ0v) is 18.6.